The highest BCUT2D eigenvalue weighted by Gasteiger charge is 2.51. The smallest absolute Gasteiger partial charge is 0.267 e. The largest absolute Gasteiger partial charge is 0.374 e. The molecule has 2 aromatic rings. The molecule has 0 heterocycles. The third kappa shape index (κ3) is 3.62. The van der Waals surface area contributed by atoms with Crippen LogP contribution in [-0.2, 0) is 19.2 Å². The summed E-state index contributed by atoms with van der Waals surface area (Å²) in [6.07, 6.45) is -0.319. The molecule has 0 aliphatic heterocycles. The van der Waals surface area contributed by atoms with Crippen LogP contribution in [0.2, 0.25) is 5.02 Å². The van der Waals surface area contributed by atoms with E-state index in [-0.39, 0.29) is 18.8 Å². The molecule has 0 spiro atoms. The predicted octanol–water partition coefficient (Wildman–Crippen LogP) is 4.10. The number of hydrogen-bond acceptors (Lipinski definition) is 4. The first-order valence-corrected chi connectivity index (χ1v) is 9.62. The summed E-state index contributed by atoms with van der Waals surface area (Å²) >= 11 is 5.91. The number of aliphatic hydroxyl groups is 1. The fourth-order valence-corrected chi connectivity index (χ4v) is 5.40. The number of hydrogen-bond donors (Lipinski definition) is 1. The zero-order valence-electron chi connectivity index (χ0n) is 13.6. The molecule has 0 bridgehead atoms. The van der Waals surface area contributed by atoms with Gasteiger partial charge in [0.15, 0.2) is 5.34 Å². The number of rotatable bonds is 7. The molecule has 24 heavy (non-hydrogen) atoms. The summed E-state index contributed by atoms with van der Waals surface area (Å²) in [6, 6.07) is 14.8. The second kappa shape index (κ2) is 7.62. The van der Waals surface area contributed by atoms with Gasteiger partial charge in [0.25, 0.3) is 7.37 Å². The van der Waals surface area contributed by atoms with Crippen LogP contribution >= 0.6 is 19.0 Å². The minimum atomic E-state index is -3.79. The average molecular weight is 367 g/mol. The first-order chi connectivity index (χ1) is 11.3. The number of ketones is 1. The lowest BCUT2D eigenvalue weighted by Crippen LogP contribution is -2.34. The number of carbonyl (C=O) groups excluding carboxylic acids is 1. The summed E-state index contributed by atoms with van der Waals surface area (Å²) < 4.78 is 19.4. The zero-order valence-corrected chi connectivity index (χ0v) is 15.3. The molecule has 0 saturated carbocycles. The first kappa shape index (κ1) is 18.9. The standard InChI is InChI=1S/C18H20ClO4P/c1-3-23-24(22,17-7-5-4-6-8-17)18(21,13-14(2)20)15-9-11-16(19)12-10-15/h4-12,21H,3,13H2,1-2H3/t18-,24+/m1/s1. The van der Waals surface area contributed by atoms with Gasteiger partial charge in [-0.1, -0.05) is 41.9 Å². The maximum atomic E-state index is 13.8. The summed E-state index contributed by atoms with van der Waals surface area (Å²) in [5.41, 5.74) is 0.336. The maximum Gasteiger partial charge on any atom is 0.267 e. The molecule has 128 valence electrons. The molecule has 0 radical (unpaired) electrons. The highest BCUT2D eigenvalue weighted by molar-refractivity contribution is 7.67. The molecule has 0 aromatic heterocycles. The van der Waals surface area contributed by atoms with Crippen molar-refractivity contribution in [1.82, 2.24) is 0 Å². The predicted molar refractivity (Wildman–Crippen MR) is 96.0 cm³/mol. The fraction of sp³-hybridized carbons (Fsp3) is 0.278. The molecule has 0 saturated heterocycles. The Bertz CT molecular complexity index is 745. The van der Waals surface area contributed by atoms with Gasteiger partial charge in [-0.3, -0.25) is 9.36 Å². The van der Waals surface area contributed by atoms with Crippen LogP contribution in [0.3, 0.4) is 0 Å². The molecule has 0 unspecified atom stereocenters. The number of Topliss-reactive ketones (excluding diaryl/α,β-unsaturated/α-hetero) is 1. The Kier molecular flexibility index (Phi) is 6.00. The Hall–Kier alpha value is -1.45. The number of benzene rings is 2. The second-order valence-corrected chi connectivity index (χ2v) is 8.56. The molecule has 0 fully saturated rings. The van der Waals surface area contributed by atoms with E-state index >= 15 is 0 Å². The molecule has 2 aromatic carbocycles. The van der Waals surface area contributed by atoms with Crippen LogP contribution in [0.5, 0.6) is 0 Å². The van der Waals surface area contributed by atoms with E-state index in [1.54, 1.807) is 61.5 Å². The van der Waals surface area contributed by atoms with Crippen LogP contribution in [0.15, 0.2) is 54.6 Å². The Labute approximate surface area is 146 Å². The maximum absolute atomic E-state index is 13.8. The van der Waals surface area contributed by atoms with Crippen LogP contribution in [-0.4, -0.2) is 17.5 Å². The van der Waals surface area contributed by atoms with Gasteiger partial charge in [-0.15, -0.1) is 0 Å². The van der Waals surface area contributed by atoms with Crippen molar-refractivity contribution in [3.8, 4) is 0 Å². The molecular formula is C18H20ClO4P. The molecule has 6 heteroatoms. The number of carbonyl (C=O) groups is 1. The Morgan fingerprint density at radius 3 is 2.25 bits per heavy atom. The van der Waals surface area contributed by atoms with Crippen LogP contribution in [0.1, 0.15) is 25.8 Å². The lowest BCUT2D eigenvalue weighted by Gasteiger charge is -2.35. The van der Waals surface area contributed by atoms with Crippen molar-refractivity contribution < 1.29 is 19.0 Å². The van der Waals surface area contributed by atoms with Crippen LogP contribution in [0.4, 0.5) is 0 Å². The van der Waals surface area contributed by atoms with Gasteiger partial charge in [-0.05, 0) is 43.7 Å². The van der Waals surface area contributed by atoms with Gasteiger partial charge >= 0.3 is 0 Å². The second-order valence-electron chi connectivity index (χ2n) is 5.51. The van der Waals surface area contributed by atoms with E-state index in [0.717, 1.165) is 0 Å². The van der Waals surface area contributed by atoms with E-state index in [0.29, 0.717) is 15.9 Å². The summed E-state index contributed by atoms with van der Waals surface area (Å²) in [4.78, 5) is 11.8. The number of halogens is 1. The van der Waals surface area contributed by atoms with E-state index in [1.807, 2.05) is 0 Å². The van der Waals surface area contributed by atoms with Crippen LogP contribution in [0, 0.1) is 0 Å². The normalized spacial score (nSPS) is 16.2. The van der Waals surface area contributed by atoms with Gasteiger partial charge in [-0.25, -0.2) is 0 Å². The van der Waals surface area contributed by atoms with Crippen LogP contribution < -0.4 is 5.30 Å². The molecule has 4 nitrogen and oxygen atoms in total. The highest BCUT2D eigenvalue weighted by Crippen LogP contribution is 2.63. The highest BCUT2D eigenvalue weighted by atomic mass is 35.5. The lowest BCUT2D eigenvalue weighted by atomic mass is 10.0. The van der Waals surface area contributed by atoms with Crippen molar-refractivity contribution in [3.05, 3.63) is 65.2 Å². The molecule has 1 N–H and O–H groups in total. The average Bonchev–Trinajstić information content (AvgIpc) is 2.55. The molecule has 2 atom stereocenters. The van der Waals surface area contributed by atoms with E-state index in [9.17, 15) is 14.5 Å². The molecular weight excluding hydrogens is 347 g/mol. The van der Waals surface area contributed by atoms with Crippen molar-refractivity contribution >= 4 is 30.1 Å². The van der Waals surface area contributed by atoms with Gasteiger partial charge in [0, 0.05) is 16.7 Å². The van der Waals surface area contributed by atoms with Crippen LogP contribution in [0.25, 0.3) is 0 Å². The van der Waals surface area contributed by atoms with E-state index in [2.05, 4.69) is 0 Å². The summed E-state index contributed by atoms with van der Waals surface area (Å²) in [5, 5.41) is 10.3. The lowest BCUT2D eigenvalue weighted by molar-refractivity contribution is -0.120. The Morgan fingerprint density at radius 2 is 1.75 bits per heavy atom. The third-order valence-corrected chi connectivity index (χ3v) is 6.94. The summed E-state index contributed by atoms with van der Waals surface area (Å²) in [6.45, 7) is 3.19. The summed E-state index contributed by atoms with van der Waals surface area (Å²) in [5.74, 6) is -0.289. The quantitative estimate of drug-likeness (QED) is 0.749. The molecule has 0 aliphatic carbocycles. The monoisotopic (exact) mass is 366 g/mol. The Balaban J connectivity index is 2.69. The van der Waals surface area contributed by atoms with Crippen molar-refractivity contribution in [2.45, 2.75) is 25.6 Å². The molecule has 0 amide bonds. The van der Waals surface area contributed by atoms with Gasteiger partial charge in [-0.2, -0.15) is 0 Å². The molecule has 0 aliphatic rings. The Morgan fingerprint density at radius 1 is 1.17 bits per heavy atom. The van der Waals surface area contributed by atoms with Crippen molar-refractivity contribution in [2.24, 2.45) is 0 Å². The summed E-state index contributed by atoms with van der Waals surface area (Å²) in [7, 11) is -3.79. The van der Waals surface area contributed by atoms with E-state index in [1.165, 1.54) is 6.92 Å². The minimum absolute atomic E-state index is 0.139. The van der Waals surface area contributed by atoms with Gasteiger partial charge < -0.3 is 9.63 Å². The minimum Gasteiger partial charge on any atom is -0.374 e. The molecule has 2 rings (SSSR count). The van der Waals surface area contributed by atoms with E-state index in [4.69, 9.17) is 16.1 Å². The van der Waals surface area contributed by atoms with Crippen molar-refractivity contribution in [1.29, 1.82) is 0 Å². The first-order valence-electron chi connectivity index (χ1n) is 7.61. The van der Waals surface area contributed by atoms with E-state index < -0.39 is 12.7 Å². The SMILES string of the molecule is CCO[P@@](=O)(c1ccccc1)[C@](O)(CC(C)=O)c1ccc(Cl)cc1. The van der Waals surface area contributed by atoms with Crippen molar-refractivity contribution in [3.63, 3.8) is 0 Å². The van der Waals surface area contributed by atoms with Gasteiger partial charge in [0.05, 0.1) is 6.61 Å². The third-order valence-electron chi connectivity index (χ3n) is 3.70. The van der Waals surface area contributed by atoms with Crippen molar-refractivity contribution in [2.75, 3.05) is 6.61 Å². The zero-order chi connectivity index (χ0) is 17.8. The topological polar surface area (TPSA) is 63.6 Å². The van der Waals surface area contributed by atoms with Gasteiger partial charge in [0.2, 0.25) is 0 Å². The fourth-order valence-electron chi connectivity index (χ4n) is 2.64. The van der Waals surface area contributed by atoms with Gasteiger partial charge in [0.1, 0.15) is 5.78 Å².